The molecule has 156 valence electrons. The molecule has 0 radical (unpaired) electrons. The summed E-state index contributed by atoms with van der Waals surface area (Å²) in [6, 6.07) is 2.77. The monoisotopic (exact) mass is 388 g/mol. The van der Waals surface area contributed by atoms with E-state index < -0.39 is 0 Å². The molecule has 0 N–H and O–H groups in total. The molecule has 1 amide bonds. The molecule has 28 heavy (non-hydrogen) atoms. The van der Waals surface area contributed by atoms with Gasteiger partial charge in [-0.1, -0.05) is 13.8 Å². The van der Waals surface area contributed by atoms with Crippen LogP contribution in [0.2, 0.25) is 0 Å². The summed E-state index contributed by atoms with van der Waals surface area (Å²) in [5, 5.41) is 9.71. The number of nitrogens with zero attached hydrogens (tertiary/aromatic N) is 4. The van der Waals surface area contributed by atoms with Crippen molar-refractivity contribution < 1.29 is 9.53 Å². The lowest BCUT2D eigenvalue weighted by molar-refractivity contribution is -0.126. The summed E-state index contributed by atoms with van der Waals surface area (Å²) in [6.07, 6.45) is 5.03. The number of hydrogen-bond acceptors (Lipinski definition) is 5. The molecule has 3 aliphatic rings. The molecule has 0 aromatic rings. The number of carbonyl (C=O) groups excluding carboxylic acids is 1. The van der Waals surface area contributed by atoms with Gasteiger partial charge in [0.15, 0.2) is 0 Å². The zero-order valence-corrected chi connectivity index (χ0v) is 18.0. The first-order valence-corrected chi connectivity index (χ1v) is 10.7. The van der Waals surface area contributed by atoms with Gasteiger partial charge in [0.1, 0.15) is 11.6 Å². The van der Waals surface area contributed by atoms with Crippen molar-refractivity contribution in [2.75, 3.05) is 52.5 Å². The minimum atomic E-state index is -0.311. The largest absolute Gasteiger partial charge is 0.378 e. The van der Waals surface area contributed by atoms with Crippen LogP contribution in [0, 0.1) is 16.7 Å². The molecule has 0 atom stereocenters. The molecule has 0 aromatic carbocycles. The van der Waals surface area contributed by atoms with Gasteiger partial charge in [-0.25, -0.2) is 0 Å². The van der Waals surface area contributed by atoms with Gasteiger partial charge in [-0.2, -0.15) is 5.26 Å². The average Bonchev–Trinajstić information content (AvgIpc) is 2.79. The van der Waals surface area contributed by atoms with Crippen molar-refractivity contribution in [1.82, 2.24) is 14.7 Å². The smallest absolute Gasteiger partial charge is 0.264 e. The van der Waals surface area contributed by atoms with Gasteiger partial charge in [0.25, 0.3) is 5.91 Å². The van der Waals surface area contributed by atoms with Crippen molar-refractivity contribution in [2.24, 2.45) is 5.41 Å². The Bertz CT molecular complexity index is 637. The van der Waals surface area contributed by atoms with Gasteiger partial charge in [-0.3, -0.25) is 14.6 Å². The predicted octanol–water partition coefficient (Wildman–Crippen LogP) is 2.27. The van der Waals surface area contributed by atoms with Crippen LogP contribution in [-0.2, 0) is 9.53 Å². The van der Waals surface area contributed by atoms with Gasteiger partial charge in [0.2, 0.25) is 0 Å². The van der Waals surface area contributed by atoms with Crippen LogP contribution < -0.4 is 0 Å². The molecule has 3 rings (SSSR count). The average molecular weight is 389 g/mol. The maximum Gasteiger partial charge on any atom is 0.264 e. The van der Waals surface area contributed by atoms with Gasteiger partial charge in [0.05, 0.1) is 19.3 Å². The van der Waals surface area contributed by atoms with E-state index >= 15 is 0 Å². The lowest BCUT2D eigenvalue weighted by Gasteiger charge is -2.46. The molecule has 0 aromatic heterocycles. The Balaban J connectivity index is 1.63. The molecule has 3 fully saturated rings. The van der Waals surface area contributed by atoms with Crippen LogP contribution in [0.4, 0.5) is 0 Å². The summed E-state index contributed by atoms with van der Waals surface area (Å²) in [5.41, 5.74) is 0.254. The molecule has 0 saturated carbocycles. The highest BCUT2D eigenvalue weighted by molar-refractivity contribution is 5.97. The van der Waals surface area contributed by atoms with E-state index in [-0.39, 0.29) is 16.9 Å². The second kappa shape index (κ2) is 8.52. The van der Waals surface area contributed by atoms with Gasteiger partial charge < -0.3 is 9.64 Å². The molecule has 3 heterocycles. The molecule has 3 saturated heterocycles. The van der Waals surface area contributed by atoms with Crippen molar-refractivity contribution in [2.45, 2.75) is 58.5 Å². The fourth-order valence-corrected chi connectivity index (χ4v) is 4.48. The number of carbonyl (C=O) groups is 1. The van der Waals surface area contributed by atoms with Crippen LogP contribution in [-0.4, -0.2) is 84.7 Å². The molecule has 6 heteroatoms. The fraction of sp³-hybridized carbons (Fsp3) is 0.818. The highest BCUT2D eigenvalue weighted by Gasteiger charge is 2.34. The summed E-state index contributed by atoms with van der Waals surface area (Å²) in [6.45, 7) is 15.9. The molecule has 6 nitrogen and oxygen atoms in total. The third-order valence-corrected chi connectivity index (χ3v) is 6.74. The molecule has 0 aliphatic carbocycles. The molecule has 0 bridgehead atoms. The predicted molar refractivity (Wildman–Crippen MR) is 110 cm³/mol. The van der Waals surface area contributed by atoms with Crippen molar-refractivity contribution in [3.63, 3.8) is 0 Å². The Hall–Kier alpha value is -1.42. The van der Waals surface area contributed by atoms with Crippen LogP contribution in [0.3, 0.4) is 0 Å². The second-order valence-corrected chi connectivity index (χ2v) is 9.85. The summed E-state index contributed by atoms with van der Waals surface area (Å²) >= 11 is 0. The topological polar surface area (TPSA) is 59.8 Å². The highest BCUT2D eigenvalue weighted by atomic mass is 16.5. The van der Waals surface area contributed by atoms with E-state index in [1.54, 1.807) is 0 Å². The zero-order chi connectivity index (χ0) is 20.4. The minimum absolute atomic E-state index is 0.0986. The number of ether oxygens (including phenoxy) is 1. The Kier molecular flexibility index (Phi) is 6.48. The van der Waals surface area contributed by atoms with E-state index in [1.165, 1.54) is 0 Å². The standard InChI is InChI=1S/C22H36N4O2/c1-21(2)6-5-8-25(9-7-21)20(27)18(15-23)14-22(3,4)26-12-10-24(11-13-26)19-16-28-17-19/h14,19H,5-13,16-17H2,1-4H3/b18-14+. The summed E-state index contributed by atoms with van der Waals surface area (Å²) in [7, 11) is 0. The third-order valence-electron chi connectivity index (χ3n) is 6.74. The van der Waals surface area contributed by atoms with Crippen LogP contribution in [0.5, 0.6) is 0 Å². The summed E-state index contributed by atoms with van der Waals surface area (Å²) in [5.74, 6) is -0.0986. The second-order valence-electron chi connectivity index (χ2n) is 9.85. The van der Waals surface area contributed by atoms with E-state index in [9.17, 15) is 10.1 Å². The van der Waals surface area contributed by atoms with Crippen LogP contribution in [0.1, 0.15) is 47.0 Å². The van der Waals surface area contributed by atoms with Gasteiger partial charge in [0, 0.05) is 44.8 Å². The molecule has 0 spiro atoms. The number of likely N-dealkylation sites (tertiary alicyclic amines) is 1. The SMILES string of the molecule is CC1(C)CCCN(C(=O)/C(C#N)=C/C(C)(C)N2CCN(C3COC3)CC2)CC1. The van der Waals surface area contributed by atoms with Crippen LogP contribution in [0.15, 0.2) is 11.6 Å². The Morgan fingerprint density at radius 1 is 1.11 bits per heavy atom. The van der Waals surface area contributed by atoms with Crippen molar-refractivity contribution in [3.8, 4) is 6.07 Å². The normalized spacial score (nSPS) is 25.7. The van der Waals surface area contributed by atoms with Crippen molar-refractivity contribution in [1.29, 1.82) is 5.26 Å². The first-order chi connectivity index (χ1) is 13.2. The molecular formula is C22H36N4O2. The minimum Gasteiger partial charge on any atom is -0.378 e. The molecule has 0 unspecified atom stereocenters. The van der Waals surface area contributed by atoms with E-state index in [2.05, 4.69) is 43.6 Å². The Morgan fingerprint density at radius 3 is 2.36 bits per heavy atom. The van der Waals surface area contributed by atoms with Crippen molar-refractivity contribution >= 4 is 5.91 Å². The summed E-state index contributed by atoms with van der Waals surface area (Å²) in [4.78, 5) is 19.8. The maximum atomic E-state index is 13.0. The van der Waals surface area contributed by atoms with Crippen LogP contribution in [0.25, 0.3) is 0 Å². The molecular weight excluding hydrogens is 352 g/mol. The number of nitriles is 1. The van der Waals surface area contributed by atoms with E-state index in [0.29, 0.717) is 11.6 Å². The van der Waals surface area contributed by atoms with Gasteiger partial charge in [-0.15, -0.1) is 0 Å². The lowest BCUT2D eigenvalue weighted by Crippen LogP contribution is -2.59. The lowest BCUT2D eigenvalue weighted by atomic mass is 9.85. The fourth-order valence-electron chi connectivity index (χ4n) is 4.48. The van der Waals surface area contributed by atoms with E-state index in [1.807, 2.05) is 11.0 Å². The maximum absolute atomic E-state index is 13.0. The number of piperazine rings is 1. The van der Waals surface area contributed by atoms with Gasteiger partial charge >= 0.3 is 0 Å². The first kappa shape index (κ1) is 21.3. The highest BCUT2D eigenvalue weighted by Crippen LogP contribution is 2.30. The van der Waals surface area contributed by atoms with E-state index in [0.717, 1.165) is 71.7 Å². The van der Waals surface area contributed by atoms with Gasteiger partial charge in [-0.05, 0) is 44.6 Å². The van der Waals surface area contributed by atoms with E-state index in [4.69, 9.17) is 4.74 Å². The number of hydrogen-bond donors (Lipinski definition) is 0. The third kappa shape index (κ3) is 4.94. The zero-order valence-electron chi connectivity index (χ0n) is 18.0. The van der Waals surface area contributed by atoms with Crippen LogP contribution >= 0.6 is 0 Å². The Morgan fingerprint density at radius 2 is 1.79 bits per heavy atom. The quantitative estimate of drug-likeness (QED) is 0.546. The Labute approximate surface area is 170 Å². The van der Waals surface area contributed by atoms with Crippen molar-refractivity contribution in [3.05, 3.63) is 11.6 Å². The summed E-state index contributed by atoms with van der Waals surface area (Å²) < 4.78 is 5.31. The first-order valence-electron chi connectivity index (χ1n) is 10.7. The number of rotatable bonds is 4. The number of amides is 1. The molecule has 3 aliphatic heterocycles.